The monoisotopic (exact) mass is 390 g/mol. The Balaban J connectivity index is 2.03. The van der Waals surface area contributed by atoms with E-state index in [1.165, 1.54) is 42.5 Å². The molecule has 0 heterocycles. The van der Waals surface area contributed by atoms with Crippen molar-refractivity contribution in [1.82, 2.24) is 0 Å². The number of halogens is 4. The van der Waals surface area contributed by atoms with Crippen LogP contribution in [-0.4, -0.2) is 17.2 Å². The minimum absolute atomic E-state index is 0.00247. The fraction of sp³-hybridized carbons (Fsp3) is 0.100. The highest BCUT2D eigenvalue weighted by molar-refractivity contribution is 6.60. The van der Waals surface area contributed by atoms with Gasteiger partial charge < -0.3 is 14.8 Å². The maximum atomic E-state index is 13.2. The Bertz CT molecular complexity index is 956. The summed E-state index contributed by atoms with van der Waals surface area (Å²) in [5.41, 5.74) is 0.0633. The maximum absolute atomic E-state index is 13.2. The van der Waals surface area contributed by atoms with Gasteiger partial charge in [-0.15, -0.1) is 0 Å². The first-order valence-electron chi connectivity index (χ1n) is 8.29. The van der Waals surface area contributed by atoms with Gasteiger partial charge in [0, 0.05) is 5.56 Å². The molecule has 0 saturated carbocycles. The molecule has 3 rings (SSSR count). The number of rotatable bonds is 5. The molecule has 0 bridgehead atoms. The van der Waals surface area contributed by atoms with Gasteiger partial charge in [-0.1, -0.05) is 36.4 Å². The number of ether oxygens (including phenoxy) is 1. The first kappa shape index (κ1) is 19.9. The lowest BCUT2D eigenvalue weighted by Crippen LogP contribution is -2.31. The van der Waals surface area contributed by atoms with E-state index in [0.717, 1.165) is 12.1 Å². The summed E-state index contributed by atoms with van der Waals surface area (Å²) in [5, 5.41) is 19.2. The highest BCUT2D eigenvalue weighted by Gasteiger charge is 2.32. The van der Waals surface area contributed by atoms with Gasteiger partial charge in [0.2, 0.25) is 0 Å². The molecule has 0 saturated heterocycles. The number of hydrogen-bond acceptors (Lipinski definition) is 3. The van der Waals surface area contributed by atoms with E-state index in [1.54, 1.807) is 12.1 Å². The fourth-order valence-electron chi connectivity index (χ4n) is 2.75. The lowest BCUT2D eigenvalue weighted by atomic mass is 9.75. The van der Waals surface area contributed by atoms with E-state index < -0.39 is 24.7 Å². The van der Waals surface area contributed by atoms with Gasteiger partial charge in [-0.05, 0) is 46.9 Å². The van der Waals surface area contributed by atoms with Crippen LogP contribution in [0.2, 0.25) is 0 Å². The maximum Gasteiger partial charge on any atom is 0.489 e. The molecule has 28 heavy (non-hydrogen) atoms. The topological polar surface area (TPSA) is 49.7 Å². The standard InChI is InChI=1S/C20H15BF4O3/c22-15-8-5-13(6-9-15)12-28-19-10-7-14(20(23,24)25)11-17(19)16-3-1-2-4-18(16)21(26)27/h1-11,26-27H,12H2. The average molecular weight is 390 g/mol. The molecule has 3 aromatic rings. The zero-order valence-corrected chi connectivity index (χ0v) is 14.4. The van der Waals surface area contributed by atoms with Crippen LogP contribution in [0.4, 0.5) is 17.6 Å². The summed E-state index contributed by atoms with van der Waals surface area (Å²) >= 11 is 0. The molecule has 3 aromatic carbocycles. The number of alkyl halides is 3. The van der Waals surface area contributed by atoms with Crippen molar-refractivity contribution in [2.75, 3.05) is 0 Å². The van der Waals surface area contributed by atoms with Crippen LogP contribution in [0.15, 0.2) is 66.7 Å². The molecule has 0 aliphatic rings. The van der Waals surface area contributed by atoms with Crippen molar-refractivity contribution >= 4 is 12.6 Å². The van der Waals surface area contributed by atoms with Crippen LogP contribution in [0.25, 0.3) is 11.1 Å². The van der Waals surface area contributed by atoms with E-state index in [-0.39, 0.29) is 28.9 Å². The third-order valence-corrected chi connectivity index (χ3v) is 4.14. The van der Waals surface area contributed by atoms with Crippen LogP contribution in [0, 0.1) is 5.82 Å². The van der Waals surface area contributed by atoms with Gasteiger partial charge >= 0.3 is 13.3 Å². The van der Waals surface area contributed by atoms with Crippen LogP contribution in [0.5, 0.6) is 5.75 Å². The second-order valence-corrected chi connectivity index (χ2v) is 6.08. The summed E-state index contributed by atoms with van der Waals surface area (Å²) in [5.74, 6) is -0.282. The highest BCUT2D eigenvalue weighted by Crippen LogP contribution is 2.37. The Hall–Kier alpha value is -2.84. The van der Waals surface area contributed by atoms with Gasteiger partial charge in [-0.25, -0.2) is 4.39 Å². The quantitative estimate of drug-likeness (QED) is 0.515. The van der Waals surface area contributed by atoms with E-state index in [1.807, 2.05) is 0 Å². The van der Waals surface area contributed by atoms with Gasteiger partial charge in [0.15, 0.2) is 0 Å². The minimum atomic E-state index is -4.57. The number of hydrogen-bond donors (Lipinski definition) is 2. The Morgan fingerprint density at radius 3 is 2.18 bits per heavy atom. The molecule has 0 radical (unpaired) electrons. The van der Waals surface area contributed by atoms with E-state index in [2.05, 4.69) is 0 Å². The summed E-state index contributed by atoms with van der Waals surface area (Å²) in [7, 11) is -1.87. The zero-order chi connectivity index (χ0) is 20.3. The molecule has 144 valence electrons. The van der Waals surface area contributed by atoms with Crippen molar-refractivity contribution in [3.8, 4) is 16.9 Å². The molecule has 3 nitrogen and oxygen atoms in total. The second-order valence-electron chi connectivity index (χ2n) is 6.08. The molecular weight excluding hydrogens is 375 g/mol. The van der Waals surface area contributed by atoms with Crippen LogP contribution in [0.1, 0.15) is 11.1 Å². The summed E-state index contributed by atoms with van der Waals surface area (Å²) in [6.07, 6.45) is -4.57. The first-order valence-corrected chi connectivity index (χ1v) is 8.29. The van der Waals surface area contributed by atoms with Crippen LogP contribution >= 0.6 is 0 Å². The van der Waals surface area contributed by atoms with Crippen molar-refractivity contribution in [2.45, 2.75) is 12.8 Å². The highest BCUT2D eigenvalue weighted by atomic mass is 19.4. The second kappa shape index (κ2) is 8.04. The van der Waals surface area contributed by atoms with Crippen molar-refractivity contribution in [2.24, 2.45) is 0 Å². The third kappa shape index (κ3) is 4.52. The molecule has 0 aliphatic carbocycles. The van der Waals surface area contributed by atoms with Crippen molar-refractivity contribution in [3.63, 3.8) is 0 Å². The largest absolute Gasteiger partial charge is 0.489 e. The average Bonchev–Trinajstić information content (AvgIpc) is 2.66. The van der Waals surface area contributed by atoms with Crippen molar-refractivity contribution in [3.05, 3.63) is 83.7 Å². The summed E-state index contributed by atoms with van der Waals surface area (Å²) in [4.78, 5) is 0. The summed E-state index contributed by atoms with van der Waals surface area (Å²) in [6, 6.07) is 14.5. The van der Waals surface area contributed by atoms with E-state index in [9.17, 15) is 27.6 Å². The Labute approximate surface area is 159 Å². The van der Waals surface area contributed by atoms with E-state index >= 15 is 0 Å². The smallest absolute Gasteiger partial charge is 0.488 e. The third-order valence-electron chi connectivity index (χ3n) is 4.14. The van der Waals surface area contributed by atoms with Crippen molar-refractivity contribution < 1.29 is 32.3 Å². The van der Waals surface area contributed by atoms with Crippen LogP contribution in [-0.2, 0) is 12.8 Å². The molecule has 0 unspecified atom stereocenters. The van der Waals surface area contributed by atoms with E-state index in [0.29, 0.717) is 5.56 Å². The zero-order valence-electron chi connectivity index (χ0n) is 14.4. The molecule has 0 spiro atoms. The molecular formula is C20H15BF4O3. The summed E-state index contributed by atoms with van der Waals surface area (Å²) < 4.78 is 58.2. The molecule has 2 N–H and O–H groups in total. The van der Waals surface area contributed by atoms with Gasteiger partial charge in [-0.3, -0.25) is 0 Å². The Morgan fingerprint density at radius 1 is 0.857 bits per heavy atom. The van der Waals surface area contributed by atoms with Gasteiger partial charge in [0.25, 0.3) is 0 Å². The first-order chi connectivity index (χ1) is 13.3. The Morgan fingerprint density at radius 2 is 1.54 bits per heavy atom. The summed E-state index contributed by atoms with van der Waals surface area (Å²) in [6.45, 7) is 0.00247. The molecule has 0 aliphatic heterocycles. The molecule has 0 amide bonds. The normalized spacial score (nSPS) is 11.4. The predicted octanol–water partition coefficient (Wildman–Crippen LogP) is 3.77. The molecule has 0 aromatic heterocycles. The van der Waals surface area contributed by atoms with Gasteiger partial charge in [-0.2, -0.15) is 13.2 Å². The SMILES string of the molecule is OB(O)c1ccccc1-c1cc(C(F)(F)F)ccc1OCc1ccc(F)cc1. The lowest BCUT2D eigenvalue weighted by molar-refractivity contribution is -0.137. The van der Waals surface area contributed by atoms with Crippen LogP contribution < -0.4 is 10.2 Å². The predicted molar refractivity (Wildman–Crippen MR) is 97.4 cm³/mol. The van der Waals surface area contributed by atoms with E-state index in [4.69, 9.17) is 4.74 Å². The molecule has 8 heteroatoms. The van der Waals surface area contributed by atoms with Gasteiger partial charge in [0.05, 0.1) is 5.56 Å². The van der Waals surface area contributed by atoms with Gasteiger partial charge in [0.1, 0.15) is 18.2 Å². The number of benzene rings is 3. The molecule has 0 fully saturated rings. The Kier molecular flexibility index (Phi) is 5.72. The van der Waals surface area contributed by atoms with Crippen molar-refractivity contribution in [1.29, 1.82) is 0 Å². The molecule has 0 atom stereocenters. The lowest BCUT2D eigenvalue weighted by Gasteiger charge is -2.17. The fourth-order valence-corrected chi connectivity index (χ4v) is 2.75. The minimum Gasteiger partial charge on any atom is -0.488 e. The van der Waals surface area contributed by atoms with Crippen LogP contribution in [0.3, 0.4) is 0 Å².